The van der Waals surface area contributed by atoms with E-state index in [1.54, 1.807) is 25.1 Å². The third-order valence-electron chi connectivity index (χ3n) is 3.11. The molecule has 0 heterocycles. The predicted molar refractivity (Wildman–Crippen MR) is 87.3 cm³/mol. The number of benzene rings is 2. The minimum atomic E-state index is -0.320. The van der Waals surface area contributed by atoms with Crippen LogP contribution < -0.4 is 10.1 Å². The fourth-order valence-electron chi connectivity index (χ4n) is 1.88. The Morgan fingerprint density at radius 3 is 2.67 bits per heavy atom. The zero-order valence-corrected chi connectivity index (χ0v) is 14.0. The second-order valence-electron chi connectivity index (χ2n) is 5.28. The maximum Gasteiger partial charge on any atom is 0.168 e. The van der Waals surface area contributed by atoms with Crippen LogP contribution in [-0.4, -0.2) is 6.04 Å². The van der Waals surface area contributed by atoms with Crippen LogP contribution in [0.4, 0.5) is 4.39 Å². The normalized spacial score (nSPS) is 11.0. The van der Waals surface area contributed by atoms with Crippen LogP contribution in [-0.2, 0) is 6.54 Å². The average molecular weight is 352 g/mol. The molecular formula is C17H19BrFNO. The summed E-state index contributed by atoms with van der Waals surface area (Å²) in [5.41, 5.74) is 1.71. The fourth-order valence-corrected chi connectivity index (χ4v) is 2.37. The maximum absolute atomic E-state index is 13.9. The van der Waals surface area contributed by atoms with Crippen molar-refractivity contribution in [3.8, 4) is 11.5 Å². The Hall–Kier alpha value is -1.39. The molecule has 0 aromatic heterocycles. The van der Waals surface area contributed by atoms with Gasteiger partial charge < -0.3 is 10.1 Å². The van der Waals surface area contributed by atoms with E-state index in [4.69, 9.17) is 4.74 Å². The van der Waals surface area contributed by atoms with Crippen LogP contribution in [0.25, 0.3) is 0 Å². The molecule has 1 N–H and O–H groups in total. The van der Waals surface area contributed by atoms with Crippen LogP contribution >= 0.6 is 15.9 Å². The van der Waals surface area contributed by atoms with Gasteiger partial charge in [0.15, 0.2) is 11.6 Å². The van der Waals surface area contributed by atoms with E-state index in [1.807, 2.05) is 18.2 Å². The number of nitrogens with one attached hydrogen (secondary N) is 1. The van der Waals surface area contributed by atoms with Crippen molar-refractivity contribution in [2.45, 2.75) is 33.4 Å². The third-order valence-corrected chi connectivity index (χ3v) is 3.85. The second kappa shape index (κ2) is 7.05. The highest BCUT2D eigenvalue weighted by Crippen LogP contribution is 2.29. The number of hydrogen-bond donors (Lipinski definition) is 1. The standard InChI is InChI=1S/C17H19BrFNO/c1-11(2)20-10-13-7-8-14(9-15(13)18)21-16-6-4-5-12(3)17(16)19/h4-9,11,20H,10H2,1-3H3. The van der Waals surface area contributed by atoms with Crippen molar-refractivity contribution in [2.24, 2.45) is 0 Å². The number of hydrogen-bond acceptors (Lipinski definition) is 2. The first-order valence-corrected chi connectivity index (χ1v) is 7.71. The summed E-state index contributed by atoms with van der Waals surface area (Å²) in [6.45, 7) is 6.70. The molecule has 21 heavy (non-hydrogen) atoms. The van der Waals surface area contributed by atoms with E-state index < -0.39 is 0 Å². The van der Waals surface area contributed by atoms with Crippen molar-refractivity contribution < 1.29 is 9.13 Å². The van der Waals surface area contributed by atoms with E-state index in [-0.39, 0.29) is 11.6 Å². The lowest BCUT2D eigenvalue weighted by Crippen LogP contribution is -2.21. The summed E-state index contributed by atoms with van der Waals surface area (Å²) in [5.74, 6) is 0.536. The lowest BCUT2D eigenvalue weighted by atomic mass is 10.2. The zero-order valence-electron chi connectivity index (χ0n) is 12.4. The van der Waals surface area contributed by atoms with Gasteiger partial charge >= 0.3 is 0 Å². The predicted octanol–water partition coefficient (Wildman–Crippen LogP) is 5.19. The Balaban J connectivity index is 2.15. The van der Waals surface area contributed by atoms with Crippen LogP contribution in [0, 0.1) is 12.7 Å². The molecule has 0 aliphatic heterocycles. The van der Waals surface area contributed by atoms with Gasteiger partial charge in [0, 0.05) is 17.1 Å². The maximum atomic E-state index is 13.9. The van der Waals surface area contributed by atoms with Crippen LogP contribution in [0.2, 0.25) is 0 Å². The van der Waals surface area contributed by atoms with Crippen molar-refractivity contribution >= 4 is 15.9 Å². The van der Waals surface area contributed by atoms with Gasteiger partial charge in [-0.2, -0.15) is 0 Å². The van der Waals surface area contributed by atoms with E-state index in [2.05, 4.69) is 35.1 Å². The van der Waals surface area contributed by atoms with Gasteiger partial charge in [0.1, 0.15) is 5.75 Å². The summed E-state index contributed by atoms with van der Waals surface area (Å²) in [7, 11) is 0. The van der Waals surface area contributed by atoms with E-state index in [0.29, 0.717) is 17.4 Å². The first-order valence-electron chi connectivity index (χ1n) is 6.92. The Labute approximate surface area is 133 Å². The number of aryl methyl sites for hydroxylation is 1. The molecule has 0 saturated carbocycles. The van der Waals surface area contributed by atoms with Gasteiger partial charge in [-0.25, -0.2) is 4.39 Å². The molecule has 0 fully saturated rings. The molecule has 0 radical (unpaired) electrons. The minimum Gasteiger partial charge on any atom is -0.454 e. The van der Waals surface area contributed by atoms with Crippen molar-refractivity contribution in [2.75, 3.05) is 0 Å². The summed E-state index contributed by atoms with van der Waals surface area (Å²) in [4.78, 5) is 0. The fraction of sp³-hybridized carbons (Fsp3) is 0.294. The summed E-state index contributed by atoms with van der Waals surface area (Å²) in [5, 5.41) is 3.36. The lowest BCUT2D eigenvalue weighted by molar-refractivity contribution is 0.439. The molecule has 2 aromatic rings. The summed E-state index contributed by atoms with van der Waals surface area (Å²) < 4.78 is 20.5. The molecule has 0 saturated heterocycles. The molecule has 2 rings (SSSR count). The molecule has 0 unspecified atom stereocenters. The largest absolute Gasteiger partial charge is 0.454 e. The SMILES string of the molecule is Cc1cccc(Oc2ccc(CNC(C)C)c(Br)c2)c1F. The van der Waals surface area contributed by atoms with Crippen molar-refractivity contribution in [3.63, 3.8) is 0 Å². The molecular weight excluding hydrogens is 333 g/mol. The molecule has 0 atom stereocenters. The van der Waals surface area contributed by atoms with E-state index >= 15 is 0 Å². The highest BCUT2D eigenvalue weighted by atomic mass is 79.9. The van der Waals surface area contributed by atoms with Crippen molar-refractivity contribution in [1.29, 1.82) is 0 Å². The molecule has 112 valence electrons. The quantitative estimate of drug-likeness (QED) is 0.800. The van der Waals surface area contributed by atoms with E-state index in [1.165, 1.54) is 0 Å². The summed E-state index contributed by atoms with van der Waals surface area (Å²) in [6, 6.07) is 11.2. The molecule has 2 aromatic carbocycles. The van der Waals surface area contributed by atoms with Crippen LogP contribution in [0.5, 0.6) is 11.5 Å². The molecule has 2 nitrogen and oxygen atoms in total. The van der Waals surface area contributed by atoms with Crippen LogP contribution in [0.15, 0.2) is 40.9 Å². The minimum absolute atomic E-state index is 0.245. The third kappa shape index (κ3) is 4.29. The molecule has 4 heteroatoms. The smallest absolute Gasteiger partial charge is 0.168 e. The Morgan fingerprint density at radius 2 is 2.00 bits per heavy atom. The van der Waals surface area contributed by atoms with E-state index in [9.17, 15) is 4.39 Å². The number of ether oxygens (including phenoxy) is 1. The van der Waals surface area contributed by atoms with Crippen molar-refractivity contribution in [1.82, 2.24) is 5.32 Å². The highest BCUT2D eigenvalue weighted by molar-refractivity contribution is 9.10. The molecule has 0 amide bonds. The first kappa shape index (κ1) is 16.0. The van der Waals surface area contributed by atoms with Gasteiger partial charge in [0.25, 0.3) is 0 Å². The Kier molecular flexibility index (Phi) is 5.37. The molecule has 0 bridgehead atoms. The number of rotatable bonds is 5. The van der Waals surface area contributed by atoms with E-state index in [0.717, 1.165) is 16.6 Å². The molecule has 0 spiro atoms. The monoisotopic (exact) mass is 351 g/mol. The topological polar surface area (TPSA) is 21.3 Å². The van der Waals surface area contributed by atoms with Gasteiger partial charge in [0.2, 0.25) is 0 Å². The Bertz CT molecular complexity index is 628. The summed E-state index contributed by atoms with van der Waals surface area (Å²) in [6.07, 6.45) is 0. The number of halogens is 2. The van der Waals surface area contributed by atoms with Gasteiger partial charge in [-0.3, -0.25) is 0 Å². The summed E-state index contributed by atoms with van der Waals surface area (Å²) >= 11 is 3.53. The second-order valence-corrected chi connectivity index (χ2v) is 6.13. The highest BCUT2D eigenvalue weighted by Gasteiger charge is 2.08. The molecule has 0 aliphatic carbocycles. The van der Waals surface area contributed by atoms with Gasteiger partial charge in [-0.1, -0.05) is 48.0 Å². The van der Waals surface area contributed by atoms with Gasteiger partial charge in [-0.05, 0) is 36.2 Å². The first-order chi connectivity index (χ1) is 9.97. The van der Waals surface area contributed by atoms with Gasteiger partial charge in [-0.15, -0.1) is 0 Å². The van der Waals surface area contributed by atoms with Crippen molar-refractivity contribution in [3.05, 3.63) is 57.8 Å². The Morgan fingerprint density at radius 1 is 1.24 bits per heavy atom. The zero-order chi connectivity index (χ0) is 15.4. The van der Waals surface area contributed by atoms with Crippen LogP contribution in [0.1, 0.15) is 25.0 Å². The average Bonchev–Trinajstić information content (AvgIpc) is 2.43. The lowest BCUT2D eigenvalue weighted by Gasteiger charge is -2.12. The van der Waals surface area contributed by atoms with Crippen LogP contribution in [0.3, 0.4) is 0 Å². The molecule has 0 aliphatic rings. The van der Waals surface area contributed by atoms with Gasteiger partial charge in [0.05, 0.1) is 0 Å².